The zero-order chi connectivity index (χ0) is 22.9. The Bertz CT molecular complexity index is 1310. The van der Waals surface area contributed by atoms with Gasteiger partial charge in [-0.15, -0.1) is 0 Å². The van der Waals surface area contributed by atoms with E-state index in [4.69, 9.17) is 17.2 Å². The molecule has 2 saturated heterocycles. The molecule has 1 amide bonds. The van der Waals surface area contributed by atoms with E-state index in [1.807, 2.05) is 49.4 Å². The molecule has 0 saturated carbocycles. The second-order valence-electron chi connectivity index (χ2n) is 8.27. The Morgan fingerprint density at radius 2 is 1.76 bits per heavy atom. The summed E-state index contributed by atoms with van der Waals surface area (Å²) < 4.78 is 2.03. The van der Waals surface area contributed by atoms with E-state index in [-0.39, 0.29) is 17.5 Å². The van der Waals surface area contributed by atoms with Crippen molar-refractivity contribution in [3.63, 3.8) is 0 Å². The highest BCUT2D eigenvalue weighted by molar-refractivity contribution is 8.26. The molecule has 5 rings (SSSR count). The number of amides is 1. The maximum absolute atomic E-state index is 13.5. The highest BCUT2D eigenvalue weighted by Crippen LogP contribution is 2.38. The van der Waals surface area contributed by atoms with Gasteiger partial charge in [0.1, 0.15) is 15.8 Å². The molecule has 168 valence electrons. The lowest BCUT2D eigenvalue weighted by Gasteiger charge is -2.29. The molecule has 0 unspecified atom stereocenters. The summed E-state index contributed by atoms with van der Waals surface area (Å²) in [5, 5.41) is 0. The third-order valence-corrected chi connectivity index (χ3v) is 7.50. The molecule has 0 bridgehead atoms. The van der Waals surface area contributed by atoms with Gasteiger partial charge in [-0.05, 0) is 50.0 Å². The molecule has 0 N–H and O–H groups in total. The van der Waals surface area contributed by atoms with Gasteiger partial charge in [-0.2, -0.15) is 0 Å². The fourth-order valence-electron chi connectivity index (χ4n) is 4.39. The Labute approximate surface area is 201 Å². The molecule has 3 aromatic rings. The van der Waals surface area contributed by atoms with Crippen LogP contribution in [0.25, 0.3) is 11.7 Å². The van der Waals surface area contributed by atoms with E-state index in [1.54, 1.807) is 23.2 Å². The molecule has 1 atom stereocenters. The van der Waals surface area contributed by atoms with Crippen molar-refractivity contribution in [2.75, 3.05) is 18.0 Å². The van der Waals surface area contributed by atoms with Crippen molar-refractivity contribution in [1.82, 2.24) is 14.3 Å². The molecule has 2 aliphatic heterocycles. The van der Waals surface area contributed by atoms with Crippen molar-refractivity contribution in [1.29, 1.82) is 0 Å². The quantitative estimate of drug-likeness (QED) is 0.404. The van der Waals surface area contributed by atoms with E-state index in [0.29, 0.717) is 26.3 Å². The molecule has 4 heterocycles. The fraction of sp³-hybridized carbons (Fsp3) is 0.280. The number of hydrogen-bond acceptors (Lipinski definition) is 6. The molecule has 0 aliphatic carbocycles. The predicted octanol–water partition coefficient (Wildman–Crippen LogP) is 4.65. The van der Waals surface area contributed by atoms with Crippen LogP contribution in [0.4, 0.5) is 5.82 Å². The molecular formula is C25H24N4O2S2. The number of thiocarbonyl (C=S) groups is 1. The number of rotatable bonds is 4. The van der Waals surface area contributed by atoms with Crippen LogP contribution in [0.15, 0.2) is 64.4 Å². The summed E-state index contributed by atoms with van der Waals surface area (Å²) in [5.74, 6) is 0.468. The number of hydrogen-bond donors (Lipinski definition) is 0. The number of pyridine rings is 1. The maximum Gasteiger partial charge on any atom is 0.267 e. The highest BCUT2D eigenvalue weighted by Gasteiger charge is 2.36. The number of aromatic nitrogens is 2. The molecule has 2 aliphatic rings. The zero-order valence-electron chi connectivity index (χ0n) is 18.3. The lowest BCUT2D eigenvalue weighted by atomic mass is 10.1. The Kier molecular flexibility index (Phi) is 6.03. The van der Waals surface area contributed by atoms with E-state index >= 15 is 0 Å². The van der Waals surface area contributed by atoms with Crippen molar-refractivity contribution in [3.8, 4) is 0 Å². The molecule has 0 spiro atoms. The number of anilines is 1. The van der Waals surface area contributed by atoms with Crippen LogP contribution < -0.4 is 10.5 Å². The van der Waals surface area contributed by atoms with E-state index in [1.165, 1.54) is 22.6 Å². The standard InChI is InChI=1S/C25H24N4O2S2/c1-17(18-10-4-2-5-11-18)29-24(31)20(33-25(29)32)16-19-22(27-13-7-3-8-14-27)26-21-12-6-9-15-28(21)23(19)30/h2,4-6,9-12,15-17H,3,7-8,13-14H2,1H3/b20-16-/t17-/m1/s1. The maximum atomic E-state index is 13.5. The fourth-order valence-corrected chi connectivity index (χ4v) is 5.79. The predicted molar refractivity (Wildman–Crippen MR) is 137 cm³/mol. The van der Waals surface area contributed by atoms with Gasteiger partial charge in [0, 0.05) is 19.3 Å². The van der Waals surface area contributed by atoms with Gasteiger partial charge in [-0.25, -0.2) is 4.98 Å². The van der Waals surface area contributed by atoms with E-state index in [2.05, 4.69) is 4.90 Å². The van der Waals surface area contributed by atoms with Gasteiger partial charge in [0.25, 0.3) is 11.5 Å². The lowest BCUT2D eigenvalue weighted by Crippen LogP contribution is -2.33. The van der Waals surface area contributed by atoms with Crippen LogP contribution in [0.1, 0.15) is 43.4 Å². The number of nitrogens with zero attached hydrogens (tertiary/aromatic N) is 4. The number of piperidine rings is 1. The second-order valence-corrected chi connectivity index (χ2v) is 9.94. The topological polar surface area (TPSA) is 57.9 Å². The van der Waals surface area contributed by atoms with Gasteiger partial charge < -0.3 is 4.90 Å². The zero-order valence-corrected chi connectivity index (χ0v) is 19.9. The van der Waals surface area contributed by atoms with Crippen LogP contribution in [-0.4, -0.2) is 37.6 Å². The van der Waals surface area contributed by atoms with Crippen molar-refractivity contribution in [2.45, 2.75) is 32.2 Å². The van der Waals surface area contributed by atoms with Gasteiger partial charge >= 0.3 is 0 Å². The Balaban J connectivity index is 1.58. The summed E-state index contributed by atoms with van der Waals surface area (Å²) in [6.45, 7) is 3.67. The van der Waals surface area contributed by atoms with Crippen molar-refractivity contribution < 1.29 is 4.79 Å². The molecular weight excluding hydrogens is 452 g/mol. The lowest BCUT2D eigenvalue weighted by molar-refractivity contribution is -0.123. The first-order valence-electron chi connectivity index (χ1n) is 11.1. The minimum Gasteiger partial charge on any atom is -0.356 e. The third kappa shape index (κ3) is 4.09. The smallest absolute Gasteiger partial charge is 0.267 e. The number of carbonyl (C=O) groups excluding carboxylic acids is 1. The molecule has 8 heteroatoms. The summed E-state index contributed by atoms with van der Waals surface area (Å²) in [4.78, 5) is 36.0. The van der Waals surface area contributed by atoms with Crippen LogP contribution in [0.2, 0.25) is 0 Å². The highest BCUT2D eigenvalue weighted by atomic mass is 32.2. The monoisotopic (exact) mass is 476 g/mol. The van der Waals surface area contributed by atoms with E-state index in [9.17, 15) is 9.59 Å². The SMILES string of the molecule is C[C@H](c1ccccc1)N1C(=O)/C(=C/c2c(N3CCCCC3)nc3ccccn3c2=O)SC1=S. The number of carbonyl (C=O) groups is 1. The number of benzene rings is 1. The molecule has 0 radical (unpaired) electrons. The minimum absolute atomic E-state index is 0.177. The average Bonchev–Trinajstić information content (AvgIpc) is 3.14. The number of thioether (sulfide) groups is 1. The summed E-state index contributed by atoms with van der Waals surface area (Å²) >= 11 is 6.82. The van der Waals surface area contributed by atoms with Crippen molar-refractivity contribution in [3.05, 3.63) is 81.1 Å². The van der Waals surface area contributed by atoms with Gasteiger partial charge in [-0.1, -0.05) is 60.4 Å². The van der Waals surface area contributed by atoms with Crippen LogP contribution >= 0.6 is 24.0 Å². The first-order valence-corrected chi connectivity index (χ1v) is 12.4. The third-order valence-electron chi connectivity index (χ3n) is 6.17. The summed E-state index contributed by atoms with van der Waals surface area (Å²) in [6, 6.07) is 15.1. The van der Waals surface area contributed by atoms with E-state index in [0.717, 1.165) is 31.5 Å². The van der Waals surface area contributed by atoms with Crippen LogP contribution in [-0.2, 0) is 4.79 Å². The van der Waals surface area contributed by atoms with Crippen LogP contribution in [0, 0.1) is 0 Å². The average molecular weight is 477 g/mol. The molecule has 2 fully saturated rings. The van der Waals surface area contributed by atoms with Crippen molar-refractivity contribution in [2.24, 2.45) is 0 Å². The molecule has 6 nitrogen and oxygen atoms in total. The van der Waals surface area contributed by atoms with Gasteiger partial charge in [-0.3, -0.25) is 18.9 Å². The first-order chi connectivity index (χ1) is 16.0. The summed E-state index contributed by atoms with van der Waals surface area (Å²) in [5.41, 5.74) is 1.87. The largest absolute Gasteiger partial charge is 0.356 e. The summed E-state index contributed by atoms with van der Waals surface area (Å²) in [7, 11) is 0. The van der Waals surface area contributed by atoms with Crippen molar-refractivity contribution >= 4 is 51.7 Å². The van der Waals surface area contributed by atoms with Crippen LogP contribution in [0.5, 0.6) is 0 Å². The Morgan fingerprint density at radius 3 is 2.52 bits per heavy atom. The van der Waals surface area contributed by atoms with Gasteiger partial charge in [0.15, 0.2) is 0 Å². The first kappa shape index (κ1) is 21.9. The molecule has 2 aromatic heterocycles. The molecule has 1 aromatic carbocycles. The number of fused-ring (bicyclic) bond motifs is 1. The normalized spacial score (nSPS) is 19.0. The minimum atomic E-state index is -0.193. The Morgan fingerprint density at radius 1 is 1.03 bits per heavy atom. The summed E-state index contributed by atoms with van der Waals surface area (Å²) in [6.07, 6.45) is 6.70. The molecule has 33 heavy (non-hydrogen) atoms. The van der Waals surface area contributed by atoms with Gasteiger partial charge in [0.05, 0.1) is 16.5 Å². The van der Waals surface area contributed by atoms with Crippen LogP contribution in [0.3, 0.4) is 0 Å². The second kappa shape index (κ2) is 9.11. The Hall–Kier alpha value is -2.97. The van der Waals surface area contributed by atoms with E-state index < -0.39 is 0 Å². The van der Waals surface area contributed by atoms with Gasteiger partial charge in [0.2, 0.25) is 0 Å².